The van der Waals surface area contributed by atoms with E-state index >= 15 is 0 Å². The van der Waals surface area contributed by atoms with Crippen molar-refractivity contribution in [1.29, 1.82) is 5.26 Å². The monoisotopic (exact) mass is 609 g/mol. The van der Waals surface area contributed by atoms with Gasteiger partial charge in [-0.2, -0.15) is 5.26 Å². The summed E-state index contributed by atoms with van der Waals surface area (Å²) in [7, 11) is 1.62. The van der Waals surface area contributed by atoms with E-state index in [0.29, 0.717) is 34.9 Å². The highest BCUT2D eigenvalue weighted by atomic mass is 16.5. The number of imidazole rings is 1. The molecular formula is C34H31N11O. The zero-order chi connectivity index (χ0) is 31.5. The first-order chi connectivity index (χ1) is 22.6. The summed E-state index contributed by atoms with van der Waals surface area (Å²) in [5, 5.41) is 12.5. The van der Waals surface area contributed by atoms with Gasteiger partial charge < -0.3 is 15.8 Å². The lowest BCUT2D eigenvalue weighted by molar-refractivity contribution is 0.211. The molecule has 0 saturated carbocycles. The lowest BCUT2D eigenvalue weighted by Gasteiger charge is -2.32. The topological polar surface area (TPSA) is 157 Å². The van der Waals surface area contributed by atoms with Crippen LogP contribution in [0.5, 0.6) is 5.75 Å². The molecule has 1 aromatic carbocycles. The van der Waals surface area contributed by atoms with Crippen LogP contribution < -0.4 is 15.8 Å². The third kappa shape index (κ3) is 5.79. The standard InChI is InChI=1S/C34H31N11O/c1-46-29-20-37-15-10-25(29)27-8-9-28-34(41-27)45(33(42-28)26-3-2-14-39-32(26)36)24-6-4-22(5-7-24)21-44-17-12-23(13-18-44)40-30-11-16-38-31(19-35)43-30/h2-11,14-16,20,23H,12-13,17-18,21H2,1H3,(H2,36,39)(H,38,40,43). The maximum Gasteiger partial charge on any atom is 0.234 e. The van der Waals surface area contributed by atoms with E-state index in [9.17, 15) is 0 Å². The molecule has 0 bridgehead atoms. The van der Waals surface area contributed by atoms with E-state index < -0.39 is 0 Å². The Hall–Kier alpha value is -5.93. The van der Waals surface area contributed by atoms with Crippen molar-refractivity contribution in [2.24, 2.45) is 0 Å². The van der Waals surface area contributed by atoms with Crippen LogP contribution in [0.3, 0.4) is 0 Å². The number of fused-ring (bicyclic) bond motifs is 1. The van der Waals surface area contributed by atoms with Crippen molar-refractivity contribution >= 4 is 22.8 Å². The maximum atomic E-state index is 9.08. The predicted octanol–water partition coefficient (Wildman–Crippen LogP) is 4.87. The number of rotatable bonds is 8. The molecule has 0 aliphatic carbocycles. The highest BCUT2D eigenvalue weighted by Gasteiger charge is 2.21. The normalized spacial score (nSPS) is 13.8. The number of nitrogens with two attached hydrogens (primary N) is 1. The quantitative estimate of drug-likeness (QED) is 0.243. The number of nitrogens with one attached hydrogen (secondary N) is 1. The van der Waals surface area contributed by atoms with E-state index in [1.807, 2.05) is 41.0 Å². The second-order valence-corrected chi connectivity index (χ2v) is 11.1. The summed E-state index contributed by atoms with van der Waals surface area (Å²) < 4.78 is 7.59. The van der Waals surface area contributed by atoms with Crippen LogP contribution in [0.4, 0.5) is 11.6 Å². The fourth-order valence-corrected chi connectivity index (χ4v) is 5.84. The molecule has 1 fully saturated rings. The summed E-state index contributed by atoms with van der Waals surface area (Å²) in [6.45, 7) is 2.76. The van der Waals surface area contributed by atoms with Gasteiger partial charge in [0.1, 0.15) is 29.0 Å². The van der Waals surface area contributed by atoms with Crippen LogP contribution in [0.15, 0.2) is 85.5 Å². The van der Waals surface area contributed by atoms with Crippen LogP contribution in [0.1, 0.15) is 24.2 Å². The molecule has 1 saturated heterocycles. The molecule has 0 atom stereocenters. The third-order valence-electron chi connectivity index (χ3n) is 8.16. The number of methoxy groups -OCH3 is 1. The Morgan fingerprint density at radius 3 is 2.57 bits per heavy atom. The molecule has 5 aromatic heterocycles. The molecule has 1 aliphatic rings. The Bertz CT molecular complexity index is 2040. The molecular weight excluding hydrogens is 578 g/mol. The van der Waals surface area contributed by atoms with E-state index in [0.717, 1.165) is 60.5 Å². The Kier molecular flexibility index (Phi) is 7.89. The first-order valence-electron chi connectivity index (χ1n) is 15.0. The van der Waals surface area contributed by atoms with Crippen LogP contribution in [0, 0.1) is 11.3 Å². The van der Waals surface area contributed by atoms with Gasteiger partial charge in [-0.25, -0.2) is 24.9 Å². The minimum Gasteiger partial charge on any atom is -0.494 e. The Morgan fingerprint density at radius 1 is 0.935 bits per heavy atom. The number of likely N-dealkylation sites (tertiary alicyclic amines) is 1. The third-order valence-corrected chi connectivity index (χ3v) is 8.16. The van der Waals surface area contributed by atoms with Crippen LogP contribution in [0.2, 0.25) is 0 Å². The lowest BCUT2D eigenvalue weighted by Crippen LogP contribution is -2.38. The van der Waals surface area contributed by atoms with Crippen molar-refractivity contribution in [3.8, 4) is 40.2 Å². The highest BCUT2D eigenvalue weighted by molar-refractivity contribution is 5.85. The number of nitriles is 1. The number of anilines is 2. The van der Waals surface area contributed by atoms with Gasteiger partial charge in [-0.3, -0.25) is 14.5 Å². The average Bonchev–Trinajstić information content (AvgIpc) is 3.48. The van der Waals surface area contributed by atoms with Gasteiger partial charge in [-0.05, 0) is 66.9 Å². The smallest absolute Gasteiger partial charge is 0.234 e. The summed E-state index contributed by atoms with van der Waals surface area (Å²) >= 11 is 0. The molecule has 6 aromatic rings. The fourth-order valence-electron chi connectivity index (χ4n) is 5.84. The van der Waals surface area contributed by atoms with Gasteiger partial charge in [-0.1, -0.05) is 12.1 Å². The molecule has 0 spiro atoms. The first kappa shape index (κ1) is 28.8. The zero-order valence-corrected chi connectivity index (χ0v) is 25.2. The van der Waals surface area contributed by atoms with Gasteiger partial charge in [0, 0.05) is 55.5 Å². The Morgan fingerprint density at radius 2 is 1.78 bits per heavy atom. The van der Waals surface area contributed by atoms with Crippen molar-refractivity contribution in [3.05, 3.63) is 96.8 Å². The van der Waals surface area contributed by atoms with Crippen molar-refractivity contribution < 1.29 is 4.74 Å². The minimum atomic E-state index is 0.177. The SMILES string of the molecule is COc1cnccc1-c1ccc2nc(-c3cccnc3N)n(-c3ccc(CN4CCC(Nc5ccnc(C#N)n5)CC4)cc3)c2n1. The van der Waals surface area contributed by atoms with Gasteiger partial charge in [0.25, 0.3) is 0 Å². The summed E-state index contributed by atoms with van der Waals surface area (Å²) in [6.07, 6.45) is 8.66. The van der Waals surface area contributed by atoms with E-state index in [1.54, 1.807) is 38.0 Å². The van der Waals surface area contributed by atoms with Gasteiger partial charge in [0.15, 0.2) is 11.5 Å². The first-order valence-corrected chi connectivity index (χ1v) is 15.0. The molecule has 0 radical (unpaired) electrons. The van der Waals surface area contributed by atoms with Gasteiger partial charge in [-0.15, -0.1) is 0 Å². The van der Waals surface area contributed by atoms with Crippen molar-refractivity contribution in [2.75, 3.05) is 31.2 Å². The number of piperidine rings is 1. The number of nitrogen functional groups attached to an aromatic ring is 1. The van der Waals surface area contributed by atoms with Crippen molar-refractivity contribution in [1.82, 2.24) is 39.4 Å². The minimum absolute atomic E-state index is 0.177. The maximum absolute atomic E-state index is 9.08. The second kappa shape index (κ2) is 12.6. The summed E-state index contributed by atoms with van der Waals surface area (Å²) in [6, 6.07) is 22.2. The number of hydrogen-bond donors (Lipinski definition) is 2. The highest BCUT2D eigenvalue weighted by Crippen LogP contribution is 2.33. The second-order valence-electron chi connectivity index (χ2n) is 11.1. The molecule has 6 heterocycles. The molecule has 1 aliphatic heterocycles. The molecule has 46 heavy (non-hydrogen) atoms. The van der Waals surface area contributed by atoms with Crippen LogP contribution in [0.25, 0.3) is 39.5 Å². The molecule has 7 rings (SSSR count). The average molecular weight is 610 g/mol. The zero-order valence-electron chi connectivity index (χ0n) is 25.2. The van der Waals surface area contributed by atoms with Crippen LogP contribution in [-0.4, -0.2) is 65.6 Å². The molecule has 3 N–H and O–H groups in total. The Balaban J connectivity index is 1.15. The number of aromatic nitrogens is 7. The number of hydrogen-bond acceptors (Lipinski definition) is 11. The summed E-state index contributed by atoms with van der Waals surface area (Å²) in [4.78, 5) is 29.2. The van der Waals surface area contributed by atoms with E-state index in [-0.39, 0.29) is 5.82 Å². The summed E-state index contributed by atoms with van der Waals surface area (Å²) in [5.74, 6) is 2.58. The molecule has 0 amide bonds. The fraction of sp³-hybridized carbons (Fsp3) is 0.206. The molecule has 12 heteroatoms. The predicted molar refractivity (Wildman–Crippen MR) is 175 cm³/mol. The largest absolute Gasteiger partial charge is 0.494 e. The van der Waals surface area contributed by atoms with Crippen molar-refractivity contribution in [2.45, 2.75) is 25.4 Å². The molecule has 0 unspecified atom stereocenters. The van der Waals surface area contributed by atoms with Crippen molar-refractivity contribution in [3.63, 3.8) is 0 Å². The lowest BCUT2D eigenvalue weighted by atomic mass is 10.0. The number of pyridine rings is 3. The van der Waals surface area contributed by atoms with E-state index in [4.69, 9.17) is 25.7 Å². The number of benzene rings is 1. The Labute approximate surface area is 265 Å². The number of ether oxygens (including phenoxy) is 1. The van der Waals surface area contributed by atoms with Crippen LogP contribution >= 0.6 is 0 Å². The van der Waals surface area contributed by atoms with E-state index in [2.05, 4.69) is 54.4 Å². The van der Waals surface area contributed by atoms with E-state index in [1.165, 1.54) is 5.56 Å². The van der Waals surface area contributed by atoms with Gasteiger partial charge >= 0.3 is 0 Å². The molecule has 12 nitrogen and oxygen atoms in total. The molecule has 228 valence electrons. The number of nitrogens with zero attached hydrogens (tertiary/aromatic N) is 9. The van der Waals surface area contributed by atoms with Gasteiger partial charge in [0.05, 0.1) is 24.6 Å². The van der Waals surface area contributed by atoms with Gasteiger partial charge in [0.2, 0.25) is 5.82 Å². The summed E-state index contributed by atoms with van der Waals surface area (Å²) in [5.41, 5.74) is 12.2. The van der Waals surface area contributed by atoms with Crippen LogP contribution in [-0.2, 0) is 6.54 Å².